The Labute approximate surface area is 194 Å². The van der Waals surface area contributed by atoms with Gasteiger partial charge in [0.25, 0.3) is 5.91 Å². The molecule has 1 amide bonds. The molecule has 0 aliphatic carbocycles. The Kier molecular flexibility index (Phi) is 8.39. The van der Waals surface area contributed by atoms with E-state index in [4.69, 9.17) is 11.2 Å². The zero-order valence-corrected chi connectivity index (χ0v) is 18.2. The maximum atomic E-state index is 13.3. The molecule has 1 atom stereocenters. The molecule has 7 heteroatoms. The fraction of sp³-hybridized carbons (Fsp3) is 0.269. The van der Waals surface area contributed by atoms with Gasteiger partial charge >= 0.3 is 5.97 Å². The Bertz CT molecular complexity index is 1080. The first-order valence-electron chi connectivity index (χ1n) is 11.4. The number of carbonyl (C=O) groups is 2. The zero-order chi connectivity index (χ0) is 24.3. The highest BCUT2D eigenvalue weighted by Crippen LogP contribution is 2.23. The van der Waals surface area contributed by atoms with Crippen molar-refractivity contribution in [1.29, 1.82) is 0 Å². The highest BCUT2D eigenvalue weighted by Gasteiger charge is 2.19. The lowest BCUT2D eigenvalue weighted by Crippen LogP contribution is -2.30. The molecule has 3 rings (SSSR count). The van der Waals surface area contributed by atoms with Crippen molar-refractivity contribution in [2.45, 2.75) is 38.7 Å². The van der Waals surface area contributed by atoms with E-state index in [9.17, 15) is 14.0 Å². The number of para-hydroxylation sites is 1. The van der Waals surface area contributed by atoms with Gasteiger partial charge in [-0.05, 0) is 43.0 Å². The van der Waals surface area contributed by atoms with Gasteiger partial charge in [0.05, 0.1) is 13.5 Å². The third kappa shape index (κ3) is 7.71. The van der Waals surface area contributed by atoms with E-state index in [1.54, 1.807) is 30.3 Å². The first kappa shape index (κ1) is 22.5. The lowest BCUT2D eigenvalue weighted by molar-refractivity contribution is -0.137. The number of aliphatic carboxylic acids is 1. The number of benzene rings is 2. The second-order valence-electron chi connectivity index (χ2n) is 7.50. The minimum atomic E-state index is -0.997. The van der Waals surface area contributed by atoms with Gasteiger partial charge < -0.3 is 14.7 Å². The largest absolute Gasteiger partial charge is 0.493 e. The monoisotopic (exact) mass is 451 g/mol. The van der Waals surface area contributed by atoms with Gasteiger partial charge in [0.2, 0.25) is 5.95 Å². The van der Waals surface area contributed by atoms with E-state index < -0.39 is 24.3 Å². The highest BCUT2D eigenvalue weighted by atomic mass is 19.1. The number of hydrogen-bond donors (Lipinski definition) is 1. The molecule has 0 aliphatic heterocycles. The molecule has 172 valence electrons. The molecule has 33 heavy (non-hydrogen) atoms. The Morgan fingerprint density at radius 1 is 1.00 bits per heavy atom. The van der Waals surface area contributed by atoms with Crippen molar-refractivity contribution in [1.82, 2.24) is 9.88 Å². The Balaban J connectivity index is 1.77. The average molecular weight is 452 g/mol. The molecular weight excluding hydrogens is 423 g/mol. The summed E-state index contributed by atoms with van der Waals surface area (Å²) in [7, 11) is 0. The average Bonchev–Trinajstić information content (AvgIpc) is 2.85. The van der Waals surface area contributed by atoms with Crippen LogP contribution in [0.3, 0.4) is 0 Å². The number of pyridine rings is 1. The number of ether oxygens (including phenoxy) is 1. The molecule has 0 saturated heterocycles. The van der Waals surface area contributed by atoms with Crippen molar-refractivity contribution in [2.75, 3.05) is 6.61 Å². The minimum absolute atomic E-state index is 0.106. The molecule has 0 aliphatic rings. The Hall–Kier alpha value is -3.74. The number of carboxylic acids is 1. The fourth-order valence-electron chi connectivity index (χ4n) is 3.26. The summed E-state index contributed by atoms with van der Waals surface area (Å²) in [5.41, 5.74) is 1.55. The van der Waals surface area contributed by atoms with Crippen LogP contribution in [0.15, 0.2) is 72.9 Å². The quantitative estimate of drug-likeness (QED) is 0.307. The normalized spacial score (nSPS) is 12.0. The lowest BCUT2D eigenvalue weighted by atomic mass is 10.1. The SMILES string of the molecule is [2H]C(c1ccccc1)N(Cc1ccccc1OCCCCCC(=O)O)C(=O)c1ccc(F)nc1. The molecule has 1 heterocycles. The van der Waals surface area contributed by atoms with Gasteiger partial charge in [-0.15, -0.1) is 0 Å². The van der Waals surface area contributed by atoms with E-state index in [-0.39, 0.29) is 18.5 Å². The van der Waals surface area contributed by atoms with Crippen LogP contribution in [0.5, 0.6) is 5.75 Å². The molecule has 1 N–H and O–H groups in total. The molecule has 2 aromatic carbocycles. The van der Waals surface area contributed by atoms with Crippen molar-refractivity contribution in [3.63, 3.8) is 0 Å². The number of hydrogen-bond acceptors (Lipinski definition) is 4. The molecule has 6 nitrogen and oxygen atoms in total. The van der Waals surface area contributed by atoms with E-state index in [2.05, 4.69) is 4.98 Å². The highest BCUT2D eigenvalue weighted by molar-refractivity contribution is 5.93. The summed E-state index contributed by atoms with van der Waals surface area (Å²) < 4.78 is 28.0. The number of nitrogens with zero attached hydrogens (tertiary/aromatic N) is 2. The summed E-state index contributed by atoms with van der Waals surface area (Å²) in [6.07, 6.45) is 3.33. The van der Waals surface area contributed by atoms with Crippen LogP contribution in [-0.2, 0) is 17.9 Å². The van der Waals surface area contributed by atoms with Crippen LogP contribution in [0, 0.1) is 5.95 Å². The summed E-state index contributed by atoms with van der Waals surface area (Å²) in [6.45, 7) is -0.480. The van der Waals surface area contributed by atoms with Gasteiger partial charge in [0, 0.05) is 31.2 Å². The maximum Gasteiger partial charge on any atom is 0.303 e. The number of rotatable bonds is 12. The fourth-order valence-corrected chi connectivity index (χ4v) is 3.26. The van der Waals surface area contributed by atoms with Crippen LogP contribution in [0.2, 0.25) is 0 Å². The molecule has 3 aromatic rings. The molecule has 0 saturated carbocycles. The molecule has 0 bridgehead atoms. The van der Waals surface area contributed by atoms with Gasteiger partial charge in [0.1, 0.15) is 5.75 Å². The van der Waals surface area contributed by atoms with Crippen LogP contribution in [-0.4, -0.2) is 33.5 Å². The molecule has 0 fully saturated rings. The van der Waals surface area contributed by atoms with E-state index in [0.29, 0.717) is 30.8 Å². The van der Waals surface area contributed by atoms with E-state index in [1.165, 1.54) is 17.2 Å². The summed E-state index contributed by atoms with van der Waals surface area (Å²) in [5.74, 6) is -1.35. The van der Waals surface area contributed by atoms with Crippen molar-refractivity contribution < 1.29 is 25.2 Å². The molecule has 1 aromatic heterocycles. The van der Waals surface area contributed by atoms with Crippen molar-refractivity contribution in [3.05, 3.63) is 95.6 Å². The molecule has 0 radical (unpaired) electrons. The molecule has 0 spiro atoms. The van der Waals surface area contributed by atoms with E-state index in [0.717, 1.165) is 18.1 Å². The second-order valence-corrected chi connectivity index (χ2v) is 7.50. The van der Waals surface area contributed by atoms with E-state index in [1.807, 2.05) is 24.3 Å². The summed E-state index contributed by atoms with van der Waals surface area (Å²) >= 11 is 0. The van der Waals surface area contributed by atoms with Crippen LogP contribution < -0.4 is 4.74 Å². The van der Waals surface area contributed by atoms with Crippen LogP contribution >= 0.6 is 0 Å². The summed E-state index contributed by atoms with van der Waals surface area (Å²) in [5, 5.41) is 8.73. The Morgan fingerprint density at radius 2 is 1.76 bits per heavy atom. The van der Waals surface area contributed by atoms with Crippen LogP contribution in [0.1, 0.15) is 48.5 Å². The minimum Gasteiger partial charge on any atom is -0.493 e. The lowest BCUT2D eigenvalue weighted by Gasteiger charge is -2.24. The van der Waals surface area contributed by atoms with Crippen LogP contribution in [0.4, 0.5) is 4.39 Å². The first-order valence-corrected chi connectivity index (χ1v) is 10.8. The molecular formula is C26H27FN2O4. The standard InChI is InChI=1S/C26H27FN2O4/c27-24-15-14-21(17-28-24)26(32)29(18-20-9-3-1-4-10-20)19-22-11-6-7-12-23(22)33-16-8-2-5-13-25(30)31/h1,3-4,6-7,9-12,14-15,17H,2,5,8,13,16,18-19H2,(H,30,31)/i18D. The summed E-state index contributed by atoms with van der Waals surface area (Å²) in [6, 6.07) is 18.8. The number of unbranched alkanes of at least 4 members (excludes halogenated alkanes) is 2. The number of carboxylic acid groups (broad SMARTS) is 1. The number of aromatic nitrogens is 1. The second kappa shape index (κ2) is 12.3. The smallest absolute Gasteiger partial charge is 0.303 e. The topological polar surface area (TPSA) is 79.7 Å². The van der Waals surface area contributed by atoms with Crippen molar-refractivity contribution in [2.24, 2.45) is 0 Å². The van der Waals surface area contributed by atoms with Gasteiger partial charge in [-0.2, -0.15) is 4.39 Å². The first-order chi connectivity index (χ1) is 16.5. The number of halogens is 1. The number of carbonyl (C=O) groups excluding carboxylic acids is 1. The van der Waals surface area contributed by atoms with Crippen LogP contribution in [0.25, 0.3) is 0 Å². The van der Waals surface area contributed by atoms with Gasteiger partial charge in [-0.25, -0.2) is 4.98 Å². The van der Waals surface area contributed by atoms with E-state index >= 15 is 0 Å². The number of amides is 1. The predicted octanol–water partition coefficient (Wildman–Crippen LogP) is 5.09. The Morgan fingerprint density at radius 3 is 2.48 bits per heavy atom. The van der Waals surface area contributed by atoms with Gasteiger partial charge in [0.15, 0.2) is 0 Å². The molecule has 1 unspecified atom stereocenters. The third-order valence-corrected chi connectivity index (χ3v) is 4.95. The predicted molar refractivity (Wildman–Crippen MR) is 122 cm³/mol. The van der Waals surface area contributed by atoms with Gasteiger partial charge in [-0.1, -0.05) is 48.5 Å². The van der Waals surface area contributed by atoms with Crippen molar-refractivity contribution >= 4 is 11.9 Å². The van der Waals surface area contributed by atoms with Crippen molar-refractivity contribution in [3.8, 4) is 5.75 Å². The maximum absolute atomic E-state index is 13.3. The third-order valence-electron chi connectivity index (χ3n) is 4.95. The summed E-state index contributed by atoms with van der Waals surface area (Å²) in [4.78, 5) is 28.9. The zero-order valence-electron chi connectivity index (χ0n) is 19.2. The van der Waals surface area contributed by atoms with Gasteiger partial charge in [-0.3, -0.25) is 9.59 Å².